The fourth-order valence-electron chi connectivity index (χ4n) is 4.71. The molecular formula is C32H33F. The molecule has 0 saturated carbocycles. The first kappa shape index (κ1) is 23.0. The summed E-state index contributed by atoms with van der Waals surface area (Å²) in [5, 5.41) is 2.25. The zero-order valence-electron chi connectivity index (χ0n) is 19.5. The third kappa shape index (κ3) is 5.42. The number of benzene rings is 4. The number of fused-ring (bicyclic) bond motifs is 1. The lowest BCUT2D eigenvalue weighted by Gasteiger charge is -2.23. The summed E-state index contributed by atoms with van der Waals surface area (Å²) >= 11 is 0. The minimum absolute atomic E-state index is 0.142. The first-order valence-corrected chi connectivity index (χ1v) is 12.1. The molecule has 0 aliphatic heterocycles. The second-order valence-corrected chi connectivity index (χ2v) is 8.86. The van der Waals surface area contributed by atoms with Gasteiger partial charge in [0.2, 0.25) is 0 Å². The fourth-order valence-corrected chi connectivity index (χ4v) is 4.71. The van der Waals surface area contributed by atoms with Gasteiger partial charge in [-0.1, -0.05) is 111 Å². The van der Waals surface area contributed by atoms with Gasteiger partial charge < -0.3 is 0 Å². The second kappa shape index (κ2) is 11.1. The van der Waals surface area contributed by atoms with Gasteiger partial charge in [-0.05, 0) is 63.9 Å². The maximum Gasteiger partial charge on any atom is 0.132 e. The number of hydrogen-bond acceptors (Lipinski definition) is 0. The van der Waals surface area contributed by atoms with E-state index in [1.54, 1.807) is 0 Å². The van der Waals surface area contributed by atoms with Crippen molar-refractivity contribution in [2.75, 3.05) is 0 Å². The molecule has 0 aliphatic rings. The summed E-state index contributed by atoms with van der Waals surface area (Å²) in [5.41, 5.74) is 5.62. The van der Waals surface area contributed by atoms with Crippen molar-refractivity contribution in [1.82, 2.24) is 0 Å². The summed E-state index contributed by atoms with van der Waals surface area (Å²) in [7, 11) is 0. The lowest BCUT2D eigenvalue weighted by Crippen LogP contribution is -2.08. The minimum atomic E-state index is -1.02. The maximum atomic E-state index is 16.0. The Morgan fingerprint density at radius 3 is 2.27 bits per heavy atom. The monoisotopic (exact) mass is 436 g/mol. The Hall–Kier alpha value is -3.19. The van der Waals surface area contributed by atoms with Gasteiger partial charge in [-0.2, -0.15) is 0 Å². The van der Waals surface area contributed by atoms with E-state index in [0.29, 0.717) is 0 Å². The van der Waals surface area contributed by atoms with Crippen LogP contribution in [0.15, 0.2) is 104 Å². The first-order valence-electron chi connectivity index (χ1n) is 12.1. The Morgan fingerprint density at radius 1 is 0.818 bits per heavy atom. The van der Waals surface area contributed by atoms with E-state index in [1.165, 1.54) is 16.7 Å². The van der Waals surface area contributed by atoms with Crippen molar-refractivity contribution in [3.8, 4) is 11.1 Å². The van der Waals surface area contributed by atoms with E-state index in [1.807, 2.05) is 36.4 Å². The van der Waals surface area contributed by atoms with E-state index in [2.05, 4.69) is 74.2 Å². The van der Waals surface area contributed by atoms with Crippen molar-refractivity contribution >= 4 is 10.8 Å². The molecule has 0 N–H and O–H groups in total. The summed E-state index contributed by atoms with van der Waals surface area (Å²) in [5.74, 6) is -0.142. The topological polar surface area (TPSA) is 0 Å². The number of aryl methyl sites for hydroxylation is 1. The zero-order valence-corrected chi connectivity index (χ0v) is 19.5. The van der Waals surface area contributed by atoms with E-state index >= 15 is 4.39 Å². The molecule has 0 amide bonds. The molecule has 0 bridgehead atoms. The predicted molar refractivity (Wildman–Crippen MR) is 140 cm³/mol. The van der Waals surface area contributed by atoms with Crippen LogP contribution in [-0.2, 0) is 6.42 Å². The van der Waals surface area contributed by atoms with Gasteiger partial charge in [-0.15, -0.1) is 6.58 Å². The van der Waals surface area contributed by atoms with E-state index in [9.17, 15) is 0 Å². The summed E-state index contributed by atoms with van der Waals surface area (Å²) < 4.78 is 16.0. The highest BCUT2D eigenvalue weighted by atomic mass is 19.1. The van der Waals surface area contributed by atoms with Crippen molar-refractivity contribution in [2.45, 2.75) is 51.1 Å². The highest BCUT2D eigenvalue weighted by molar-refractivity contribution is 5.83. The van der Waals surface area contributed by atoms with Gasteiger partial charge in [0.15, 0.2) is 0 Å². The van der Waals surface area contributed by atoms with Crippen molar-refractivity contribution < 1.29 is 4.39 Å². The number of alkyl halides is 1. The van der Waals surface area contributed by atoms with Crippen LogP contribution in [0.1, 0.15) is 61.4 Å². The van der Waals surface area contributed by atoms with E-state index in [0.717, 1.165) is 54.0 Å². The van der Waals surface area contributed by atoms with E-state index < -0.39 is 6.17 Å². The molecule has 2 atom stereocenters. The van der Waals surface area contributed by atoms with E-state index in [4.69, 9.17) is 0 Å². The smallest absolute Gasteiger partial charge is 0.132 e. The normalized spacial score (nSPS) is 13.0. The Kier molecular flexibility index (Phi) is 7.73. The summed E-state index contributed by atoms with van der Waals surface area (Å²) in [6.45, 7) is 6.03. The number of rotatable bonds is 10. The molecule has 0 aromatic heterocycles. The van der Waals surface area contributed by atoms with Crippen LogP contribution >= 0.6 is 0 Å². The Labute approximate surface area is 197 Å². The lowest BCUT2D eigenvalue weighted by atomic mass is 9.85. The van der Waals surface area contributed by atoms with Gasteiger partial charge in [0.05, 0.1) is 0 Å². The summed E-state index contributed by atoms with van der Waals surface area (Å²) in [6.07, 6.45) is 5.82. The van der Waals surface area contributed by atoms with Gasteiger partial charge >= 0.3 is 0 Å². The van der Waals surface area contributed by atoms with Crippen LogP contribution in [0.3, 0.4) is 0 Å². The standard InChI is InChI=1S/C32H33F/c1-3-5-11-25-13-9-10-16-30(25)26-18-20-27(21-19-26)31(15-6-4-2)32(33)29-22-17-24-12-7-8-14-28(24)23-29/h3,7-10,12-14,16-23,31-32H,1,4-6,11,15H2,2H3. The van der Waals surface area contributed by atoms with Crippen LogP contribution in [0.2, 0.25) is 0 Å². The SMILES string of the molecule is C=CCCc1ccccc1-c1ccc(C(CCCC)C(F)c2ccc3ccccc3c2)cc1. The quantitative estimate of drug-likeness (QED) is 0.217. The molecular weight excluding hydrogens is 403 g/mol. The number of allylic oxidation sites excluding steroid dienone is 1. The first-order chi connectivity index (χ1) is 16.2. The molecule has 33 heavy (non-hydrogen) atoms. The summed E-state index contributed by atoms with van der Waals surface area (Å²) in [6, 6.07) is 31.3. The maximum absolute atomic E-state index is 16.0. The predicted octanol–water partition coefficient (Wildman–Crippen LogP) is 9.61. The van der Waals surface area contributed by atoms with Gasteiger partial charge in [-0.25, -0.2) is 4.39 Å². The number of unbranched alkanes of at least 4 members (excludes halogenated alkanes) is 1. The average Bonchev–Trinajstić information content (AvgIpc) is 2.88. The highest BCUT2D eigenvalue weighted by Crippen LogP contribution is 2.39. The van der Waals surface area contributed by atoms with Crippen molar-refractivity contribution in [3.05, 3.63) is 120 Å². The molecule has 168 valence electrons. The molecule has 0 spiro atoms. The van der Waals surface area contributed by atoms with Crippen molar-refractivity contribution in [1.29, 1.82) is 0 Å². The van der Waals surface area contributed by atoms with Gasteiger partial charge in [0, 0.05) is 5.92 Å². The zero-order chi connectivity index (χ0) is 23.0. The molecule has 4 aromatic rings. The number of halogens is 1. The molecule has 4 aromatic carbocycles. The van der Waals surface area contributed by atoms with Crippen LogP contribution < -0.4 is 0 Å². The van der Waals surface area contributed by atoms with Crippen LogP contribution in [0.5, 0.6) is 0 Å². The van der Waals surface area contributed by atoms with Gasteiger partial charge in [0.1, 0.15) is 6.17 Å². The van der Waals surface area contributed by atoms with Crippen molar-refractivity contribution in [3.63, 3.8) is 0 Å². The second-order valence-electron chi connectivity index (χ2n) is 8.86. The van der Waals surface area contributed by atoms with Gasteiger partial charge in [0.25, 0.3) is 0 Å². The minimum Gasteiger partial charge on any atom is -0.242 e. The Bertz CT molecular complexity index is 1190. The Balaban J connectivity index is 1.63. The van der Waals surface area contributed by atoms with Crippen LogP contribution in [-0.4, -0.2) is 0 Å². The summed E-state index contributed by atoms with van der Waals surface area (Å²) in [4.78, 5) is 0. The van der Waals surface area contributed by atoms with Crippen LogP contribution in [0.25, 0.3) is 21.9 Å². The molecule has 1 heteroatoms. The lowest BCUT2D eigenvalue weighted by molar-refractivity contribution is 0.274. The molecule has 0 fully saturated rings. The largest absolute Gasteiger partial charge is 0.242 e. The van der Waals surface area contributed by atoms with Gasteiger partial charge in [-0.3, -0.25) is 0 Å². The Morgan fingerprint density at radius 2 is 1.52 bits per heavy atom. The molecule has 0 nitrogen and oxygen atoms in total. The van der Waals surface area contributed by atoms with Crippen LogP contribution in [0, 0.1) is 0 Å². The molecule has 4 rings (SSSR count). The molecule has 0 heterocycles. The molecule has 2 unspecified atom stereocenters. The van der Waals surface area contributed by atoms with E-state index in [-0.39, 0.29) is 5.92 Å². The third-order valence-corrected chi connectivity index (χ3v) is 6.60. The van der Waals surface area contributed by atoms with Crippen molar-refractivity contribution in [2.24, 2.45) is 0 Å². The molecule has 0 radical (unpaired) electrons. The fraction of sp³-hybridized carbons (Fsp3) is 0.250. The molecule has 0 aliphatic carbocycles. The highest BCUT2D eigenvalue weighted by Gasteiger charge is 2.24. The molecule has 0 saturated heterocycles. The third-order valence-electron chi connectivity index (χ3n) is 6.60. The average molecular weight is 437 g/mol. The number of hydrogen-bond donors (Lipinski definition) is 0. The van der Waals surface area contributed by atoms with Crippen LogP contribution in [0.4, 0.5) is 4.39 Å².